The second-order valence-electron chi connectivity index (χ2n) is 3.15. The van der Waals surface area contributed by atoms with E-state index in [1.165, 1.54) is 13.3 Å². The summed E-state index contributed by atoms with van der Waals surface area (Å²) >= 11 is 0. The van der Waals surface area contributed by atoms with E-state index in [0.29, 0.717) is 11.4 Å². The zero-order chi connectivity index (χ0) is 11.3. The lowest BCUT2D eigenvalue weighted by molar-refractivity contribution is 0.0922. The van der Waals surface area contributed by atoms with Gasteiger partial charge in [0.25, 0.3) is 5.91 Å². The third kappa shape index (κ3) is 3.21. The lowest BCUT2D eigenvalue weighted by atomic mass is 10.2. The number of hydrogen-bond donors (Lipinski definition) is 2. The molecule has 82 valence electrons. The summed E-state index contributed by atoms with van der Waals surface area (Å²) in [4.78, 5) is 15.4. The fraction of sp³-hybridized carbons (Fsp3) is 0.400. The van der Waals surface area contributed by atoms with E-state index in [0.717, 1.165) is 0 Å². The number of rotatable bonds is 4. The topological polar surface area (TPSA) is 71.5 Å². The molecule has 1 heterocycles. The molecule has 0 spiro atoms. The normalized spacial score (nSPS) is 11.9. The Morgan fingerprint density at radius 1 is 1.67 bits per heavy atom. The SMILES string of the molecule is COc1ccc(C(=O)N[C@H](C)CO)cn1. The summed E-state index contributed by atoms with van der Waals surface area (Å²) in [5, 5.41) is 11.4. The number of methoxy groups -OCH3 is 1. The first-order valence-corrected chi connectivity index (χ1v) is 4.59. The highest BCUT2D eigenvalue weighted by molar-refractivity contribution is 5.94. The zero-order valence-electron chi connectivity index (χ0n) is 8.73. The van der Waals surface area contributed by atoms with Gasteiger partial charge in [0.2, 0.25) is 5.88 Å². The molecule has 1 amide bonds. The first kappa shape index (κ1) is 11.5. The van der Waals surface area contributed by atoms with Crippen molar-refractivity contribution in [3.8, 4) is 5.88 Å². The van der Waals surface area contributed by atoms with Crippen molar-refractivity contribution in [3.63, 3.8) is 0 Å². The van der Waals surface area contributed by atoms with Crippen LogP contribution in [0.2, 0.25) is 0 Å². The maximum Gasteiger partial charge on any atom is 0.253 e. The Bertz CT molecular complexity index is 324. The molecule has 0 fully saturated rings. The zero-order valence-corrected chi connectivity index (χ0v) is 8.73. The molecular weight excluding hydrogens is 196 g/mol. The number of carbonyl (C=O) groups is 1. The van der Waals surface area contributed by atoms with Crippen LogP contribution in [-0.2, 0) is 0 Å². The van der Waals surface area contributed by atoms with Crippen LogP contribution in [0.5, 0.6) is 5.88 Å². The molecule has 0 aromatic carbocycles. The molecule has 0 aliphatic rings. The van der Waals surface area contributed by atoms with Crippen LogP contribution >= 0.6 is 0 Å². The van der Waals surface area contributed by atoms with E-state index >= 15 is 0 Å². The molecule has 1 rings (SSSR count). The fourth-order valence-electron chi connectivity index (χ4n) is 0.988. The molecule has 0 bridgehead atoms. The summed E-state index contributed by atoms with van der Waals surface area (Å²) in [6, 6.07) is 2.96. The van der Waals surface area contributed by atoms with Crippen molar-refractivity contribution in [3.05, 3.63) is 23.9 Å². The van der Waals surface area contributed by atoms with E-state index in [9.17, 15) is 4.79 Å². The van der Waals surface area contributed by atoms with Crippen LogP contribution in [0.4, 0.5) is 0 Å². The van der Waals surface area contributed by atoms with Crippen molar-refractivity contribution in [1.82, 2.24) is 10.3 Å². The average molecular weight is 210 g/mol. The number of nitrogens with one attached hydrogen (secondary N) is 1. The Kier molecular flexibility index (Phi) is 4.05. The smallest absolute Gasteiger partial charge is 0.253 e. The van der Waals surface area contributed by atoms with Crippen LogP contribution in [0.1, 0.15) is 17.3 Å². The number of aliphatic hydroxyl groups excluding tert-OH is 1. The molecule has 0 aliphatic carbocycles. The van der Waals surface area contributed by atoms with Crippen molar-refractivity contribution in [2.45, 2.75) is 13.0 Å². The second-order valence-corrected chi connectivity index (χ2v) is 3.15. The summed E-state index contributed by atoms with van der Waals surface area (Å²) in [5.74, 6) is 0.202. The molecule has 5 heteroatoms. The first-order chi connectivity index (χ1) is 7.17. The lowest BCUT2D eigenvalue weighted by Gasteiger charge is -2.10. The van der Waals surface area contributed by atoms with Crippen LogP contribution in [0.3, 0.4) is 0 Å². The number of nitrogens with zero attached hydrogens (tertiary/aromatic N) is 1. The first-order valence-electron chi connectivity index (χ1n) is 4.59. The minimum absolute atomic E-state index is 0.0880. The van der Waals surface area contributed by atoms with E-state index in [2.05, 4.69) is 10.3 Å². The number of amides is 1. The molecule has 1 atom stereocenters. The van der Waals surface area contributed by atoms with Crippen LogP contribution < -0.4 is 10.1 Å². The number of pyridine rings is 1. The van der Waals surface area contributed by atoms with Crippen molar-refractivity contribution in [2.75, 3.05) is 13.7 Å². The Labute approximate surface area is 88.1 Å². The molecule has 1 aromatic rings. The quantitative estimate of drug-likeness (QED) is 0.744. The third-order valence-corrected chi connectivity index (χ3v) is 1.86. The van der Waals surface area contributed by atoms with Gasteiger partial charge in [0.1, 0.15) is 0 Å². The van der Waals surface area contributed by atoms with Crippen LogP contribution in [-0.4, -0.2) is 35.8 Å². The molecular formula is C10H14N2O3. The van der Waals surface area contributed by atoms with E-state index in [4.69, 9.17) is 9.84 Å². The van der Waals surface area contributed by atoms with Crippen molar-refractivity contribution in [1.29, 1.82) is 0 Å². The van der Waals surface area contributed by atoms with Crippen molar-refractivity contribution >= 4 is 5.91 Å². The summed E-state index contributed by atoms with van der Waals surface area (Å²) in [6.07, 6.45) is 1.43. The number of carbonyl (C=O) groups excluding carboxylic acids is 1. The molecule has 15 heavy (non-hydrogen) atoms. The molecule has 2 N–H and O–H groups in total. The predicted molar refractivity (Wildman–Crippen MR) is 54.8 cm³/mol. The molecule has 0 radical (unpaired) electrons. The Hall–Kier alpha value is -1.62. The third-order valence-electron chi connectivity index (χ3n) is 1.86. The van der Waals surface area contributed by atoms with Gasteiger partial charge in [0, 0.05) is 18.3 Å². The number of aliphatic hydroxyl groups is 1. The van der Waals surface area contributed by atoms with Gasteiger partial charge < -0.3 is 15.2 Å². The largest absolute Gasteiger partial charge is 0.481 e. The van der Waals surface area contributed by atoms with Crippen LogP contribution in [0.25, 0.3) is 0 Å². The predicted octanol–water partition coefficient (Wildman–Crippen LogP) is 0.201. The van der Waals surface area contributed by atoms with Gasteiger partial charge in [-0.05, 0) is 13.0 Å². The van der Waals surface area contributed by atoms with E-state index < -0.39 is 0 Å². The summed E-state index contributed by atoms with van der Waals surface area (Å²) < 4.78 is 4.87. The standard InChI is InChI=1S/C10H14N2O3/c1-7(6-13)12-10(14)8-3-4-9(15-2)11-5-8/h3-5,7,13H,6H2,1-2H3,(H,12,14)/t7-/m1/s1. The minimum atomic E-state index is -0.264. The average Bonchev–Trinajstić information content (AvgIpc) is 2.29. The summed E-state index contributed by atoms with van der Waals surface area (Å²) in [6.45, 7) is 1.63. The Morgan fingerprint density at radius 3 is 2.87 bits per heavy atom. The summed E-state index contributed by atoms with van der Waals surface area (Å²) in [5.41, 5.74) is 0.441. The highest BCUT2D eigenvalue weighted by Crippen LogP contribution is 2.06. The molecule has 0 aliphatic heterocycles. The molecule has 1 aromatic heterocycles. The van der Waals surface area contributed by atoms with Gasteiger partial charge in [-0.3, -0.25) is 4.79 Å². The van der Waals surface area contributed by atoms with Gasteiger partial charge in [0.15, 0.2) is 0 Å². The highest BCUT2D eigenvalue weighted by atomic mass is 16.5. The van der Waals surface area contributed by atoms with Crippen LogP contribution in [0, 0.1) is 0 Å². The molecule has 0 unspecified atom stereocenters. The number of hydrogen-bond acceptors (Lipinski definition) is 4. The van der Waals surface area contributed by atoms with Gasteiger partial charge >= 0.3 is 0 Å². The van der Waals surface area contributed by atoms with E-state index in [1.54, 1.807) is 19.1 Å². The lowest BCUT2D eigenvalue weighted by Crippen LogP contribution is -2.35. The van der Waals surface area contributed by atoms with Gasteiger partial charge in [0.05, 0.1) is 19.3 Å². The van der Waals surface area contributed by atoms with Gasteiger partial charge in [-0.15, -0.1) is 0 Å². The monoisotopic (exact) mass is 210 g/mol. The van der Waals surface area contributed by atoms with Gasteiger partial charge in [-0.2, -0.15) is 0 Å². The van der Waals surface area contributed by atoms with Crippen molar-refractivity contribution < 1.29 is 14.6 Å². The Balaban J connectivity index is 2.66. The van der Waals surface area contributed by atoms with E-state index in [-0.39, 0.29) is 18.6 Å². The molecule has 0 saturated carbocycles. The number of ether oxygens (including phenoxy) is 1. The maximum absolute atomic E-state index is 11.5. The number of aromatic nitrogens is 1. The minimum Gasteiger partial charge on any atom is -0.481 e. The van der Waals surface area contributed by atoms with E-state index in [1.807, 2.05) is 0 Å². The summed E-state index contributed by atoms with van der Waals surface area (Å²) in [7, 11) is 1.51. The Morgan fingerprint density at radius 2 is 2.40 bits per heavy atom. The van der Waals surface area contributed by atoms with Crippen LogP contribution in [0.15, 0.2) is 18.3 Å². The second kappa shape index (κ2) is 5.31. The van der Waals surface area contributed by atoms with Gasteiger partial charge in [-0.1, -0.05) is 0 Å². The van der Waals surface area contributed by atoms with Crippen molar-refractivity contribution in [2.24, 2.45) is 0 Å². The molecule has 0 saturated heterocycles. The molecule has 5 nitrogen and oxygen atoms in total. The van der Waals surface area contributed by atoms with Gasteiger partial charge in [-0.25, -0.2) is 4.98 Å². The maximum atomic E-state index is 11.5. The fourth-order valence-corrected chi connectivity index (χ4v) is 0.988. The highest BCUT2D eigenvalue weighted by Gasteiger charge is 2.09.